The van der Waals surface area contributed by atoms with Crippen LogP contribution in [0.3, 0.4) is 0 Å². The summed E-state index contributed by atoms with van der Waals surface area (Å²) in [5.74, 6) is -0.136. The number of hydrogen-bond donors (Lipinski definition) is 1. The van der Waals surface area contributed by atoms with Crippen LogP contribution in [0.15, 0.2) is 79.0 Å². The molecule has 0 aliphatic carbocycles. The van der Waals surface area contributed by atoms with Crippen molar-refractivity contribution in [1.82, 2.24) is 4.98 Å². The van der Waals surface area contributed by atoms with Gasteiger partial charge < -0.3 is 5.11 Å². The van der Waals surface area contributed by atoms with E-state index in [1.807, 2.05) is 42.5 Å². The summed E-state index contributed by atoms with van der Waals surface area (Å²) in [6.07, 6.45) is 1.73. The van der Waals surface area contributed by atoms with Crippen molar-refractivity contribution in [1.29, 1.82) is 0 Å². The summed E-state index contributed by atoms with van der Waals surface area (Å²) in [5.41, 5.74) is 3.98. The number of phenolic OH excluding ortho intramolecular Hbond substituents is 1. The molecule has 4 aromatic rings. The van der Waals surface area contributed by atoms with Gasteiger partial charge in [0.1, 0.15) is 11.6 Å². The van der Waals surface area contributed by atoms with Crippen LogP contribution in [-0.4, -0.2) is 10.1 Å². The van der Waals surface area contributed by atoms with E-state index in [-0.39, 0.29) is 11.6 Å². The Hall–Kier alpha value is -3.20. The van der Waals surface area contributed by atoms with Crippen molar-refractivity contribution < 1.29 is 9.50 Å². The Morgan fingerprint density at radius 1 is 0.792 bits per heavy atom. The maximum absolute atomic E-state index is 13.9. The smallest absolute Gasteiger partial charge is 0.123 e. The first-order chi connectivity index (χ1) is 11.7. The van der Waals surface area contributed by atoms with Crippen molar-refractivity contribution in [2.75, 3.05) is 0 Å². The third kappa shape index (κ3) is 2.40. The van der Waals surface area contributed by atoms with Gasteiger partial charge in [0.25, 0.3) is 0 Å². The average Bonchev–Trinajstić information content (AvgIpc) is 2.62. The van der Waals surface area contributed by atoms with Gasteiger partial charge >= 0.3 is 0 Å². The fourth-order valence-electron chi connectivity index (χ4n) is 2.99. The largest absolute Gasteiger partial charge is 0.507 e. The van der Waals surface area contributed by atoms with E-state index < -0.39 is 0 Å². The zero-order chi connectivity index (χ0) is 16.5. The van der Waals surface area contributed by atoms with Crippen LogP contribution in [0.4, 0.5) is 4.39 Å². The van der Waals surface area contributed by atoms with Gasteiger partial charge in [0.15, 0.2) is 0 Å². The maximum Gasteiger partial charge on any atom is 0.123 e. The molecule has 116 valence electrons. The minimum Gasteiger partial charge on any atom is -0.507 e. The third-order valence-electron chi connectivity index (χ3n) is 4.09. The normalized spacial score (nSPS) is 10.9. The minimum absolute atomic E-state index is 0.173. The van der Waals surface area contributed by atoms with Crippen LogP contribution in [0.2, 0.25) is 0 Å². The highest BCUT2D eigenvalue weighted by molar-refractivity contribution is 6.02. The topological polar surface area (TPSA) is 33.1 Å². The lowest BCUT2D eigenvalue weighted by Gasteiger charge is -2.14. The van der Waals surface area contributed by atoms with E-state index in [0.717, 1.165) is 27.6 Å². The number of phenols is 1. The molecule has 2 nitrogen and oxygen atoms in total. The Bertz CT molecular complexity index is 1030. The second-order valence-corrected chi connectivity index (χ2v) is 5.59. The van der Waals surface area contributed by atoms with Crippen LogP contribution in [0.1, 0.15) is 0 Å². The molecular weight excluding hydrogens is 301 g/mol. The zero-order valence-electron chi connectivity index (χ0n) is 12.8. The second kappa shape index (κ2) is 5.78. The number of hydrogen-bond acceptors (Lipinski definition) is 2. The van der Waals surface area contributed by atoms with Gasteiger partial charge in [-0.2, -0.15) is 0 Å². The molecule has 3 aromatic carbocycles. The second-order valence-electron chi connectivity index (χ2n) is 5.59. The lowest BCUT2D eigenvalue weighted by atomic mass is 9.92. The van der Waals surface area contributed by atoms with Gasteiger partial charge in [-0.05, 0) is 29.8 Å². The molecule has 0 bridgehead atoms. The number of nitrogens with zero attached hydrogens (tertiary/aromatic N) is 1. The van der Waals surface area contributed by atoms with Crippen molar-refractivity contribution in [2.24, 2.45) is 0 Å². The number of halogens is 1. The quantitative estimate of drug-likeness (QED) is 0.536. The van der Waals surface area contributed by atoms with Crippen molar-refractivity contribution in [3.8, 4) is 28.0 Å². The predicted molar refractivity (Wildman–Crippen MR) is 94.2 cm³/mol. The molecule has 1 heterocycles. The molecule has 0 fully saturated rings. The molecule has 24 heavy (non-hydrogen) atoms. The lowest BCUT2D eigenvalue weighted by Crippen LogP contribution is -1.91. The van der Waals surface area contributed by atoms with E-state index in [4.69, 9.17) is 0 Å². The standard InChI is InChI=1S/C21H14FNO/c22-15-10-11-19-17(12-15)21(14-6-2-1-3-7-14)18(13-23-19)16-8-4-5-9-20(16)24/h1-13,24H. The molecule has 0 spiro atoms. The monoisotopic (exact) mass is 315 g/mol. The summed E-state index contributed by atoms with van der Waals surface area (Å²) in [6, 6.07) is 21.5. The number of para-hydroxylation sites is 1. The van der Waals surface area contributed by atoms with Crippen molar-refractivity contribution in [2.45, 2.75) is 0 Å². The van der Waals surface area contributed by atoms with Crippen LogP contribution in [0.5, 0.6) is 5.75 Å². The van der Waals surface area contributed by atoms with Gasteiger partial charge in [-0.25, -0.2) is 4.39 Å². The number of aromatic nitrogens is 1. The van der Waals surface area contributed by atoms with Crippen LogP contribution in [0, 0.1) is 5.82 Å². The van der Waals surface area contributed by atoms with Crippen molar-refractivity contribution in [3.63, 3.8) is 0 Å². The summed E-state index contributed by atoms with van der Waals surface area (Å²) in [5, 5.41) is 11.0. The van der Waals surface area contributed by atoms with E-state index in [9.17, 15) is 9.50 Å². The van der Waals surface area contributed by atoms with Gasteiger partial charge in [-0.3, -0.25) is 4.98 Å². The van der Waals surface area contributed by atoms with Crippen LogP contribution in [0.25, 0.3) is 33.2 Å². The summed E-state index contributed by atoms with van der Waals surface area (Å²) in [4.78, 5) is 4.45. The first-order valence-corrected chi connectivity index (χ1v) is 7.66. The average molecular weight is 315 g/mol. The molecule has 0 saturated carbocycles. The number of fused-ring (bicyclic) bond motifs is 1. The van der Waals surface area contributed by atoms with Crippen molar-refractivity contribution >= 4 is 10.9 Å². The zero-order valence-corrected chi connectivity index (χ0v) is 12.8. The lowest BCUT2D eigenvalue weighted by molar-refractivity contribution is 0.477. The molecule has 0 aliphatic rings. The van der Waals surface area contributed by atoms with Gasteiger partial charge in [-0.15, -0.1) is 0 Å². The highest BCUT2D eigenvalue weighted by Gasteiger charge is 2.15. The Kier molecular flexibility index (Phi) is 3.47. The molecule has 0 amide bonds. The van der Waals surface area contributed by atoms with E-state index in [1.165, 1.54) is 12.1 Å². The molecule has 0 unspecified atom stereocenters. The first kappa shape index (κ1) is 14.4. The van der Waals surface area contributed by atoms with Crippen LogP contribution in [-0.2, 0) is 0 Å². The molecule has 3 heteroatoms. The molecule has 4 rings (SSSR count). The Balaban J connectivity index is 2.13. The van der Waals surface area contributed by atoms with E-state index in [1.54, 1.807) is 24.4 Å². The highest BCUT2D eigenvalue weighted by Crippen LogP contribution is 2.40. The van der Waals surface area contributed by atoms with Gasteiger partial charge in [0.05, 0.1) is 5.52 Å². The Morgan fingerprint density at radius 2 is 1.54 bits per heavy atom. The summed E-state index contributed by atoms with van der Waals surface area (Å²) < 4.78 is 13.9. The molecular formula is C21H14FNO. The van der Waals surface area contributed by atoms with Gasteiger partial charge in [-0.1, -0.05) is 48.5 Å². The summed E-state index contributed by atoms with van der Waals surface area (Å²) in [7, 11) is 0. The van der Waals surface area contributed by atoms with E-state index in [0.29, 0.717) is 5.56 Å². The molecule has 0 aliphatic heterocycles. The number of rotatable bonds is 2. The third-order valence-corrected chi connectivity index (χ3v) is 4.09. The van der Waals surface area contributed by atoms with Gasteiger partial charge in [0, 0.05) is 28.3 Å². The fraction of sp³-hybridized carbons (Fsp3) is 0. The molecule has 1 N–H and O–H groups in total. The number of pyridine rings is 1. The highest BCUT2D eigenvalue weighted by atomic mass is 19.1. The predicted octanol–water partition coefficient (Wildman–Crippen LogP) is 5.41. The first-order valence-electron chi connectivity index (χ1n) is 7.66. The fourth-order valence-corrected chi connectivity index (χ4v) is 2.99. The molecule has 0 atom stereocenters. The maximum atomic E-state index is 13.9. The van der Waals surface area contributed by atoms with Gasteiger partial charge in [0.2, 0.25) is 0 Å². The minimum atomic E-state index is -0.309. The Morgan fingerprint density at radius 3 is 2.33 bits per heavy atom. The van der Waals surface area contributed by atoms with Crippen LogP contribution < -0.4 is 0 Å². The SMILES string of the molecule is Oc1ccccc1-c1cnc2ccc(F)cc2c1-c1ccccc1. The molecule has 0 saturated heterocycles. The summed E-state index contributed by atoms with van der Waals surface area (Å²) in [6.45, 7) is 0. The molecule has 1 aromatic heterocycles. The van der Waals surface area contributed by atoms with Crippen LogP contribution >= 0.6 is 0 Å². The molecule has 0 radical (unpaired) electrons. The van der Waals surface area contributed by atoms with E-state index >= 15 is 0 Å². The van der Waals surface area contributed by atoms with E-state index in [2.05, 4.69) is 4.98 Å². The number of benzene rings is 3. The summed E-state index contributed by atoms with van der Waals surface area (Å²) >= 11 is 0. The van der Waals surface area contributed by atoms with Crippen molar-refractivity contribution in [3.05, 3.63) is 84.8 Å². The number of aromatic hydroxyl groups is 1. The Labute approximate surface area is 138 Å².